The third-order valence-corrected chi connectivity index (χ3v) is 5.30. The van der Waals surface area contributed by atoms with E-state index in [0.717, 1.165) is 0 Å². The van der Waals surface area contributed by atoms with Crippen molar-refractivity contribution in [1.29, 1.82) is 0 Å². The molecule has 0 bridgehead atoms. The van der Waals surface area contributed by atoms with E-state index < -0.39 is 36.4 Å². The number of likely N-dealkylation sites (tertiary alicyclic amines) is 1. The maximum Gasteiger partial charge on any atom is 0.471 e. The van der Waals surface area contributed by atoms with Crippen molar-refractivity contribution in [2.45, 2.75) is 56.5 Å². The van der Waals surface area contributed by atoms with Gasteiger partial charge in [0.2, 0.25) is 0 Å². The van der Waals surface area contributed by atoms with Gasteiger partial charge in [-0.15, -0.1) is 0 Å². The van der Waals surface area contributed by atoms with E-state index in [9.17, 15) is 24.0 Å². The van der Waals surface area contributed by atoms with Gasteiger partial charge < -0.3 is 31.5 Å². The highest BCUT2D eigenvalue weighted by Crippen LogP contribution is 2.26. The number of urea groups is 1. The number of nitrogens with one attached hydrogen (secondary N) is 2. The number of hydrogen-bond acceptors (Lipinski definition) is 6. The molecule has 1 saturated heterocycles. The van der Waals surface area contributed by atoms with E-state index in [1.54, 1.807) is 6.92 Å². The first kappa shape index (κ1) is 24.1. The molecule has 166 valence electrons. The number of carbonyl (C=O) groups excluding carboxylic acids is 1. The second kappa shape index (κ2) is 10.7. The van der Waals surface area contributed by atoms with E-state index in [2.05, 4.69) is 10.6 Å². The van der Waals surface area contributed by atoms with Crippen LogP contribution in [0.5, 0.6) is 0 Å². The topological polar surface area (TPSA) is 148 Å². The predicted octanol–water partition coefficient (Wildman–Crippen LogP) is 0.765. The van der Waals surface area contributed by atoms with E-state index in [1.165, 1.54) is 24.3 Å². The van der Waals surface area contributed by atoms with Crippen LogP contribution in [0.1, 0.15) is 39.0 Å². The van der Waals surface area contributed by atoms with Crippen LogP contribution in [-0.4, -0.2) is 69.8 Å². The van der Waals surface area contributed by atoms with Crippen LogP contribution in [0, 0.1) is 5.82 Å². The lowest BCUT2D eigenvalue weighted by molar-refractivity contribution is -0.137. The second-order valence-corrected chi connectivity index (χ2v) is 8.07. The molecule has 1 aliphatic rings. The van der Waals surface area contributed by atoms with Crippen LogP contribution in [-0.2, 0) is 4.79 Å². The smallest absolute Gasteiger partial charge is 0.471 e. The first-order valence-corrected chi connectivity index (χ1v) is 10.0. The van der Waals surface area contributed by atoms with Gasteiger partial charge in [-0.25, -0.2) is 9.18 Å². The molecule has 2 unspecified atom stereocenters. The molecule has 1 aromatic rings. The minimum absolute atomic E-state index is 0.104. The van der Waals surface area contributed by atoms with Gasteiger partial charge in [-0.05, 0) is 44.0 Å². The third-order valence-electron chi connectivity index (χ3n) is 5.30. The quantitative estimate of drug-likeness (QED) is 0.227. The Labute approximate surface area is 175 Å². The summed E-state index contributed by atoms with van der Waals surface area (Å²) in [7, 11) is -1.65. The van der Waals surface area contributed by atoms with Crippen molar-refractivity contribution in [2.24, 2.45) is 5.73 Å². The Morgan fingerprint density at radius 3 is 2.47 bits per heavy atom. The Bertz CT molecular complexity index is 713. The van der Waals surface area contributed by atoms with Gasteiger partial charge in [0.15, 0.2) is 0 Å². The van der Waals surface area contributed by atoms with Gasteiger partial charge in [0.1, 0.15) is 5.82 Å². The van der Waals surface area contributed by atoms with Crippen molar-refractivity contribution in [2.75, 3.05) is 18.4 Å². The van der Waals surface area contributed by atoms with E-state index in [0.29, 0.717) is 44.5 Å². The van der Waals surface area contributed by atoms with Crippen LogP contribution in [0.15, 0.2) is 24.3 Å². The van der Waals surface area contributed by atoms with Gasteiger partial charge >= 0.3 is 19.1 Å². The van der Waals surface area contributed by atoms with Crippen molar-refractivity contribution >= 4 is 24.8 Å². The third kappa shape index (κ3) is 7.24. The van der Waals surface area contributed by atoms with Crippen LogP contribution >= 0.6 is 0 Å². The van der Waals surface area contributed by atoms with Gasteiger partial charge in [0, 0.05) is 30.7 Å². The average Bonchev–Trinajstić information content (AvgIpc) is 2.60. The Morgan fingerprint density at radius 2 is 1.90 bits per heavy atom. The van der Waals surface area contributed by atoms with E-state index in [-0.39, 0.29) is 12.5 Å². The highest BCUT2D eigenvalue weighted by Gasteiger charge is 2.46. The van der Waals surface area contributed by atoms with Gasteiger partial charge in [0.25, 0.3) is 0 Å². The van der Waals surface area contributed by atoms with Crippen LogP contribution < -0.4 is 16.4 Å². The summed E-state index contributed by atoms with van der Waals surface area (Å²) in [6.45, 7) is 2.56. The lowest BCUT2D eigenvalue weighted by Gasteiger charge is -2.49. The molecule has 2 amide bonds. The summed E-state index contributed by atoms with van der Waals surface area (Å²) in [5.41, 5.74) is 5.94. The summed E-state index contributed by atoms with van der Waals surface area (Å²) in [6, 6.07) is 4.79. The molecule has 11 heteroatoms. The molecule has 2 rings (SSSR count). The van der Waals surface area contributed by atoms with Crippen molar-refractivity contribution in [3.63, 3.8) is 0 Å². The number of halogens is 1. The molecule has 7 N–H and O–H groups in total. The molecule has 0 spiro atoms. The minimum atomic E-state index is -1.65. The number of hydrogen-bond donors (Lipinski definition) is 6. The summed E-state index contributed by atoms with van der Waals surface area (Å²) < 4.78 is 12.9. The first-order valence-electron chi connectivity index (χ1n) is 10.0. The zero-order valence-electron chi connectivity index (χ0n) is 17.1. The SMILES string of the molecule is CC(N)(CCCCCC(=O)O)C(B(O)O)N1CC(NC(=O)Nc2ccc(F)cc2)C1. The number of amides is 2. The van der Waals surface area contributed by atoms with Gasteiger partial charge in [0.05, 0.1) is 12.0 Å². The number of carbonyl (C=O) groups is 2. The van der Waals surface area contributed by atoms with Crippen molar-refractivity contribution in [3.05, 3.63) is 30.1 Å². The van der Waals surface area contributed by atoms with Gasteiger partial charge in [-0.2, -0.15) is 0 Å². The highest BCUT2D eigenvalue weighted by atomic mass is 19.1. The Hall–Kier alpha value is -2.21. The van der Waals surface area contributed by atoms with E-state index in [1.807, 2.05) is 4.90 Å². The number of aliphatic carboxylic acids is 1. The summed E-state index contributed by atoms with van der Waals surface area (Å²) >= 11 is 0. The predicted molar refractivity (Wildman–Crippen MR) is 111 cm³/mol. The number of carboxylic acid groups (broad SMARTS) is 1. The number of carboxylic acids is 1. The minimum Gasteiger partial charge on any atom is -0.481 e. The van der Waals surface area contributed by atoms with Crippen molar-refractivity contribution < 1.29 is 29.1 Å². The van der Waals surface area contributed by atoms with E-state index >= 15 is 0 Å². The number of nitrogens with two attached hydrogens (primary N) is 1. The summed E-state index contributed by atoms with van der Waals surface area (Å²) in [5, 5.41) is 33.8. The summed E-state index contributed by atoms with van der Waals surface area (Å²) in [6.07, 6.45) is 2.54. The van der Waals surface area contributed by atoms with Crippen molar-refractivity contribution in [1.82, 2.24) is 10.2 Å². The van der Waals surface area contributed by atoms with Gasteiger partial charge in [-0.1, -0.05) is 12.8 Å². The number of anilines is 1. The maximum absolute atomic E-state index is 12.9. The molecule has 1 fully saturated rings. The van der Waals surface area contributed by atoms with Crippen LogP contribution in [0.4, 0.5) is 14.9 Å². The molecule has 30 heavy (non-hydrogen) atoms. The molecule has 0 aromatic heterocycles. The Morgan fingerprint density at radius 1 is 1.27 bits per heavy atom. The summed E-state index contributed by atoms with van der Waals surface area (Å²) in [5.74, 6) is -1.94. The van der Waals surface area contributed by atoms with E-state index in [4.69, 9.17) is 10.8 Å². The first-order chi connectivity index (χ1) is 14.1. The normalized spacial score (nSPS) is 17.5. The molecular formula is C19H30BFN4O5. The molecule has 9 nitrogen and oxygen atoms in total. The van der Waals surface area contributed by atoms with Gasteiger partial charge in [-0.3, -0.25) is 9.69 Å². The summed E-state index contributed by atoms with van der Waals surface area (Å²) in [4.78, 5) is 24.4. The molecule has 1 heterocycles. The zero-order valence-corrected chi connectivity index (χ0v) is 17.1. The zero-order chi connectivity index (χ0) is 22.3. The molecular weight excluding hydrogens is 394 g/mol. The number of benzene rings is 1. The standard InChI is InChI=1S/C19H30BFN4O5/c1-19(22,10-4-2-3-5-16(26)27)17(20(29)30)25-11-15(12-25)24-18(28)23-14-8-6-13(21)7-9-14/h6-9,15,17,29-30H,2-5,10-12,22H2,1H3,(H,26,27)(H2,23,24,28). The number of unbranched alkanes of at least 4 members (excludes halogenated alkanes) is 2. The fraction of sp³-hybridized carbons (Fsp3) is 0.579. The fourth-order valence-corrected chi connectivity index (χ4v) is 3.77. The highest BCUT2D eigenvalue weighted by molar-refractivity contribution is 6.43. The Kier molecular flexibility index (Phi) is 8.59. The maximum atomic E-state index is 12.9. The van der Waals surface area contributed by atoms with Crippen LogP contribution in [0.25, 0.3) is 0 Å². The number of nitrogens with zero attached hydrogens (tertiary/aromatic N) is 1. The molecule has 0 saturated carbocycles. The molecule has 0 aliphatic carbocycles. The largest absolute Gasteiger partial charge is 0.481 e. The Balaban J connectivity index is 1.78. The van der Waals surface area contributed by atoms with Crippen LogP contribution in [0.3, 0.4) is 0 Å². The lowest BCUT2D eigenvalue weighted by Crippen LogP contribution is -2.72. The van der Waals surface area contributed by atoms with Crippen molar-refractivity contribution in [3.8, 4) is 0 Å². The second-order valence-electron chi connectivity index (χ2n) is 8.07. The molecule has 1 aromatic carbocycles. The average molecular weight is 424 g/mol. The molecule has 1 aliphatic heterocycles. The molecule has 2 atom stereocenters. The van der Waals surface area contributed by atoms with Crippen LogP contribution in [0.2, 0.25) is 0 Å². The lowest BCUT2D eigenvalue weighted by atomic mass is 9.64. The monoisotopic (exact) mass is 424 g/mol. The number of rotatable bonds is 11. The molecule has 0 radical (unpaired) electrons. The fourth-order valence-electron chi connectivity index (χ4n) is 3.77.